The maximum Gasteiger partial charge on any atom is 0.146 e. The molecule has 21 heavy (non-hydrogen) atoms. The minimum Gasteiger partial charge on any atom is -0.497 e. The van der Waals surface area contributed by atoms with Crippen LogP contribution in [0.3, 0.4) is 0 Å². The minimum absolute atomic E-state index is 0.159. The molecule has 0 saturated heterocycles. The van der Waals surface area contributed by atoms with Crippen molar-refractivity contribution in [2.24, 2.45) is 5.92 Å². The van der Waals surface area contributed by atoms with E-state index in [2.05, 4.69) is 17.4 Å². The van der Waals surface area contributed by atoms with Crippen molar-refractivity contribution >= 4 is 5.69 Å². The van der Waals surface area contributed by atoms with Crippen LogP contribution in [0.25, 0.3) is 0 Å². The quantitative estimate of drug-likeness (QED) is 0.859. The molecule has 0 spiro atoms. The molecular formula is C18H20FNO. The average Bonchev–Trinajstić information content (AvgIpc) is 3.33. The van der Waals surface area contributed by atoms with E-state index >= 15 is 0 Å². The van der Waals surface area contributed by atoms with Gasteiger partial charge in [0.1, 0.15) is 11.6 Å². The number of halogens is 1. The first-order chi connectivity index (χ1) is 10.2. The number of nitrogens with one attached hydrogen (secondary N) is 1. The van der Waals surface area contributed by atoms with Crippen LogP contribution in [0.5, 0.6) is 5.75 Å². The second-order valence-corrected chi connectivity index (χ2v) is 5.72. The monoisotopic (exact) mass is 285 g/mol. The Kier molecular flexibility index (Phi) is 3.82. The number of rotatable bonds is 5. The molecule has 1 aliphatic carbocycles. The highest BCUT2D eigenvalue weighted by Gasteiger charge is 2.32. The van der Waals surface area contributed by atoms with Crippen molar-refractivity contribution in [3.63, 3.8) is 0 Å². The van der Waals surface area contributed by atoms with Crippen LogP contribution in [0.15, 0.2) is 42.5 Å². The number of aryl methyl sites for hydroxylation is 1. The van der Waals surface area contributed by atoms with Gasteiger partial charge in [0, 0.05) is 0 Å². The van der Waals surface area contributed by atoms with E-state index in [-0.39, 0.29) is 11.9 Å². The number of hydrogen-bond acceptors (Lipinski definition) is 2. The van der Waals surface area contributed by atoms with Crippen molar-refractivity contribution in [2.45, 2.75) is 25.8 Å². The van der Waals surface area contributed by atoms with Gasteiger partial charge in [-0.15, -0.1) is 0 Å². The fourth-order valence-electron chi connectivity index (χ4n) is 2.63. The summed E-state index contributed by atoms with van der Waals surface area (Å²) in [6.45, 7) is 1.98. The lowest BCUT2D eigenvalue weighted by Crippen LogP contribution is -2.14. The summed E-state index contributed by atoms with van der Waals surface area (Å²) in [5, 5.41) is 3.39. The normalized spacial score (nSPS) is 15.6. The van der Waals surface area contributed by atoms with Gasteiger partial charge in [-0.05, 0) is 61.1 Å². The van der Waals surface area contributed by atoms with E-state index in [1.165, 1.54) is 24.5 Å². The van der Waals surface area contributed by atoms with Crippen LogP contribution in [-0.2, 0) is 0 Å². The number of benzene rings is 2. The van der Waals surface area contributed by atoms with Gasteiger partial charge in [0.05, 0.1) is 18.8 Å². The molecule has 2 aromatic carbocycles. The van der Waals surface area contributed by atoms with Crippen molar-refractivity contribution in [3.8, 4) is 5.75 Å². The molecule has 0 amide bonds. The lowest BCUT2D eigenvalue weighted by Gasteiger charge is -2.21. The second-order valence-electron chi connectivity index (χ2n) is 5.72. The zero-order chi connectivity index (χ0) is 14.8. The van der Waals surface area contributed by atoms with Crippen molar-refractivity contribution in [1.29, 1.82) is 0 Å². The van der Waals surface area contributed by atoms with Gasteiger partial charge in [0.25, 0.3) is 0 Å². The summed E-state index contributed by atoms with van der Waals surface area (Å²) in [5.41, 5.74) is 2.82. The van der Waals surface area contributed by atoms with E-state index in [1.54, 1.807) is 13.2 Å². The van der Waals surface area contributed by atoms with Crippen LogP contribution in [0.1, 0.15) is 30.0 Å². The Hall–Kier alpha value is -2.03. The Bertz CT molecular complexity index is 620. The Labute approximate surface area is 125 Å². The zero-order valence-electron chi connectivity index (χ0n) is 12.4. The summed E-state index contributed by atoms with van der Waals surface area (Å²) in [6, 6.07) is 13.4. The van der Waals surface area contributed by atoms with E-state index in [0.29, 0.717) is 11.6 Å². The molecule has 0 radical (unpaired) electrons. The molecular weight excluding hydrogens is 265 g/mol. The van der Waals surface area contributed by atoms with E-state index in [0.717, 1.165) is 11.3 Å². The first kappa shape index (κ1) is 13.9. The van der Waals surface area contributed by atoms with Crippen molar-refractivity contribution in [3.05, 3.63) is 59.4 Å². The predicted octanol–water partition coefficient (Wildman–Crippen LogP) is 4.71. The number of ether oxygens (including phenoxy) is 1. The smallest absolute Gasteiger partial charge is 0.146 e. The van der Waals surface area contributed by atoms with E-state index < -0.39 is 0 Å². The summed E-state index contributed by atoms with van der Waals surface area (Å²) >= 11 is 0. The van der Waals surface area contributed by atoms with Crippen LogP contribution in [0.4, 0.5) is 10.1 Å². The van der Waals surface area contributed by atoms with Crippen LogP contribution in [-0.4, -0.2) is 7.11 Å². The zero-order valence-corrected chi connectivity index (χ0v) is 12.4. The van der Waals surface area contributed by atoms with Gasteiger partial charge in [-0.1, -0.05) is 18.2 Å². The van der Waals surface area contributed by atoms with Gasteiger partial charge in [-0.2, -0.15) is 0 Å². The van der Waals surface area contributed by atoms with Crippen LogP contribution in [0.2, 0.25) is 0 Å². The fraction of sp³-hybridized carbons (Fsp3) is 0.333. The summed E-state index contributed by atoms with van der Waals surface area (Å²) < 4.78 is 19.2. The van der Waals surface area contributed by atoms with Gasteiger partial charge in [-0.3, -0.25) is 0 Å². The molecule has 0 heterocycles. The van der Waals surface area contributed by atoms with Crippen molar-refractivity contribution in [1.82, 2.24) is 0 Å². The molecule has 1 saturated carbocycles. The molecule has 3 heteroatoms. The van der Waals surface area contributed by atoms with Crippen LogP contribution < -0.4 is 10.1 Å². The Morgan fingerprint density at radius 3 is 2.48 bits per heavy atom. The highest BCUT2D eigenvalue weighted by atomic mass is 19.1. The standard InChI is InChI=1S/C18H20FNO/c1-12-3-10-16(19)17(11-12)20-18(13-4-5-13)14-6-8-15(21-2)9-7-14/h3,6-11,13,18,20H,4-5H2,1-2H3. The maximum atomic E-state index is 14.0. The molecule has 3 rings (SSSR count). The van der Waals surface area contributed by atoms with E-state index in [1.807, 2.05) is 25.1 Å². The molecule has 1 fully saturated rings. The molecule has 0 aromatic heterocycles. The van der Waals surface area contributed by atoms with Gasteiger partial charge < -0.3 is 10.1 Å². The van der Waals surface area contributed by atoms with Gasteiger partial charge in [0.2, 0.25) is 0 Å². The third kappa shape index (κ3) is 3.18. The van der Waals surface area contributed by atoms with Gasteiger partial charge in [0.15, 0.2) is 0 Å². The Morgan fingerprint density at radius 1 is 1.14 bits per heavy atom. The molecule has 1 unspecified atom stereocenters. The first-order valence-electron chi connectivity index (χ1n) is 7.34. The molecule has 2 nitrogen and oxygen atoms in total. The fourth-order valence-corrected chi connectivity index (χ4v) is 2.63. The van der Waals surface area contributed by atoms with Crippen LogP contribution >= 0.6 is 0 Å². The minimum atomic E-state index is -0.195. The first-order valence-corrected chi connectivity index (χ1v) is 7.34. The van der Waals surface area contributed by atoms with E-state index in [4.69, 9.17) is 4.74 Å². The highest BCUT2D eigenvalue weighted by molar-refractivity contribution is 5.49. The Balaban J connectivity index is 1.86. The largest absolute Gasteiger partial charge is 0.497 e. The lowest BCUT2D eigenvalue weighted by atomic mass is 10.0. The summed E-state index contributed by atoms with van der Waals surface area (Å²) in [5.74, 6) is 1.23. The van der Waals surface area contributed by atoms with Gasteiger partial charge in [-0.25, -0.2) is 4.39 Å². The average molecular weight is 285 g/mol. The molecule has 2 aromatic rings. The number of hydrogen-bond donors (Lipinski definition) is 1. The number of anilines is 1. The van der Waals surface area contributed by atoms with Crippen molar-refractivity contribution in [2.75, 3.05) is 12.4 Å². The number of methoxy groups -OCH3 is 1. The third-order valence-corrected chi connectivity index (χ3v) is 4.00. The second kappa shape index (κ2) is 5.76. The Morgan fingerprint density at radius 2 is 1.86 bits per heavy atom. The topological polar surface area (TPSA) is 21.3 Å². The molecule has 0 aliphatic heterocycles. The molecule has 1 atom stereocenters. The van der Waals surface area contributed by atoms with Crippen LogP contribution in [0, 0.1) is 18.7 Å². The molecule has 1 aliphatic rings. The summed E-state index contributed by atoms with van der Waals surface area (Å²) in [6.07, 6.45) is 2.38. The van der Waals surface area contributed by atoms with Crippen molar-refractivity contribution < 1.29 is 9.13 Å². The third-order valence-electron chi connectivity index (χ3n) is 4.00. The summed E-state index contributed by atoms with van der Waals surface area (Å²) in [7, 11) is 1.66. The summed E-state index contributed by atoms with van der Waals surface area (Å²) in [4.78, 5) is 0. The van der Waals surface area contributed by atoms with E-state index in [9.17, 15) is 4.39 Å². The SMILES string of the molecule is COc1ccc(C(Nc2cc(C)ccc2F)C2CC2)cc1. The maximum absolute atomic E-state index is 14.0. The molecule has 1 N–H and O–H groups in total. The lowest BCUT2D eigenvalue weighted by molar-refractivity contribution is 0.414. The molecule has 110 valence electrons. The highest BCUT2D eigenvalue weighted by Crippen LogP contribution is 2.43. The predicted molar refractivity (Wildman–Crippen MR) is 83.2 cm³/mol. The van der Waals surface area contributed by atoms with Gasteiger partial charge >= 0.3 is 0 Å². The molecule has 0 bridgehead atoms.